The fourth-order valence-corrected chi connectivity index (χ4v) is 0.782. The Kier molecular flexibility index (Phi) is 6.69. The van der Waals surface area contributed by atoms with Crippen LogP contribution in [0.3, 0.4) is 0 Å². The molecule has 1 aromatic rings. The van der Waals surface area contributed by atoms with Crippen molar-refractivity contribution in [3.8, 4) is 11.8 Å². The number of carboxylic acid groups (broad SMARTS) is 1. The van der Waals surface area contributed by atoms with Gasteiger partial charge in [-0.25, -0.2) is 0 Å². The number of hydrogen-bond acceptors (Lipinski definition) is 2. The normalized spacial score (nSPS) is 7.77. The molecule has 0 aliphatic carbocycles. The Hall–Kier alpha value is 0.176. The van der Waals surface area contributed by atoms with Gasteiger partial charge in [0.2, 0.25) is 0 Å². The second-order valence-corrected chi connectivity index (χ2v) is 2.48. The minimum Gasteiger partial charge on any atom is -0.537 e. The van der Waals surface area contributed by atoms with Crippen LogP contribution in [-0.2, 0) is 4.79 Å². The molecule has 0 bridgehead atoms. The van der Waals surface area contributed by atoms with Crippen LogP contribution in [-0.4, -0.2) is 5.97 Å². The van der Waals surface area contributed by atoms with Gasteiger partial charge in [0.05, 0.1) is 0 Å². The zero-order chi connectivity index (χ0) is 8.97. The first-order chi connectivity index (χ1) is 5.68. The topological polar surface area (TPSA) is 40.1 Å². The van der Waals surface area contributed by atoms with Crippen molar-refractivity contribution in [3.05, 3.63) is 34.9 Å². The summed E-state index contributed by atoms with van der Waals surface area (Å²) in [5, 5.41) is 10.5. The first-order valence-electron chi connectivity index (χ1n) is 3.17. The molecule has 0 atom stereocenters. The Morgan fingerprint density at radius 1 is 1.31 bits per heavy atom. The van der Waals surface area contributed by atoms with Crippen LogP contribution in [0.15, 0.2) is 24.3 Å². The maximum Gasteiger partial charge on any atom is 1.00 e. The van der Waals surface area contributed by atoms with E-state index in [1.54, 1.807) is 24.3 Å². The molecule has 0 saturated heterocycles. The van der Waals surface area contributed by atoms with Crippen LogP contribution in [0.5, 0.6) is 0 Å². The van der Waals surface area contributed by atoms with Gasteiger partial charge in [0, 0.05) is 10.6 Å². The van der Waals surface area contributed by atoms with Gasteiger partial charge in [0.1, 0.15) is 5.97 Å². The Morgan fingerprint density at radius 3 is 2.31 bits per heavy atom. The third kappa shape index (κ3) is 5.47. The first kappa shape index (κ1) is 13.2. The van der Waals surface area contributed by atoms with E-state index in [1.165, 1.54) is 0 Å². The summed E-state index contributed by atoms with van der Waals surface area (Å²) in [5.74, 6) is 2.91. The molecule has 4 heteroatoms. The number of rotatable bonds is 0. The monoisotopic (exact) mass is 218 g/mol. The summed E-state index contributed by atoms with van der Waals surface area (Å²) >= 11 is 5.60. The molecule has 0 saturated carbocycles. The summed E-state index contributed by atoms with van der Waals surface area (Å²) in [5.41, 5.74) is 0.601. The van der Waals surface area contributed by atoms with Crippen molar-refractivity contribution in [1.82, 2.24) is 0 Å². The van der Waals surface area contributed by atoms with Gasteiger partial charge in [0.15, 0.2) is 0 Å². The molecule has 13 heavy (non-hydrogen) atoms. The van der Waals surface area contributed by atoms with E-state index >= 15 is 0 Å². The average Bonchev–Trinajstić information content (AvgIpc) is 2.03. The zero-order valence-corrected chi connectivity index (χ0v) is 10.9. The molecule has 0 spiro atoms. The molecular formula is C9H4ClKO2. The van der Waals surface area contributed by atoms with Crippen molar-refractivity contribution in [2.45, 2.75) is 0 Å². The van der Waals surface area contributed by atoms with Gasteiger partial charge >= 0.3 is 51.4 Å². The number of halogens is 1. The smallest absolute Gasteiger partial charge is 0.537 e. The van der Waals surface area contributed by atoms with Crippen molar-refractivity contribution in [2.24, 2.45) is 0 Å². The van der Waals surface area contributed by atoms with E-state index in [-0.39, 0.29) is 51.4 Å². The van der Waals surface area contributed by atoms with Gasteiger partial charge < -0.3 is 9.90 Å². The van der Waals surface area contributed by atoms with Crippen LogP contribution in [0.4, 0.5) is 0 Å². The predicted molar refractivity (Wildman–Crippen MR) is 43.3 cm³/mol. The van der Waals surface area contributed by atoms with Crippen molar-refractivity contribution in [2.75, 3.05) is 0 Å². The third-order valence-corrected chi connectivity index (χ3v) is 1.41. The first-order valence-corrected chi connectivity index (χ1v) is 3.55. The molecule has 1 aromatic carbocycles. The number of benzene rings is 1. The summed E-state index contributed by atoms with van der Waals surface area (Å²) in [6, 6.07) is 6.55. The molecule has 0 amide bonds. The van der Waals surface area contributed by atoms with Crippen LogP contribution < -0.4 is 56.5 Å². The average molecular weight is 219 g/mol. The van der Waals surface area contributed by atoms with E-state index in [4.69, 9.17) is 11.6 Å². The summed E-state index contributed by atoms with van der Waals surface area (Å²) in [6.07, 6.45) is 0. The Balaban J connectivity index is 0.00000144. The van der Waals surface area contributed by atoms with Gasteiger partial charge in [0.25, 0.3) is 0 Å². The second kappa shape index (κ2) is 6.60. The summed E-state index contributed by atoms with van der Waals surface area (Å²) in [6.45, 7) is 0. The number of hydrogen-bond donors (Lipinski definition) is 0. The molecule has 0 aliphatic rings. The number of carboxylic acids is 1. The van der Waals surface area contributed by atoms with Crippen molar-refractivity contribution in [1.29, 1.82) is 0 Å². The largest absolute Gasteiger partial charge is 1.00 e. The molecule has 0 heterocycles. The number of aliphatic carboxylic acids is 1. The van der Waals surface area contributed by atoms with Crippen molar-refractivity contribution >= 4 is 17.6 Å². The maximum absolute atomic E-state index is 9.93. The Morgan fingerprint density at radius 2 is 1.85 bits per heavy atom. The summed E-state index contributed by atoms with van der Waals surface area (Å²) in [7, 11) is 0. The standard InChI is InChI=1S/C9H5ClO2.K/c10-8-4-1-7(2-5-8)3-6-9(11)12;/h1-2,4-5H,(H,11,12);/q;+1/p-1. The van der Waals surface area contributed by atoms with E-state index < -0.39 is 5.97 Å². The molecule has 60 valence electrons. The SMILES string of the molecule is O=C([O-])C#Cc1ccc(Cl)cc1.[K+]. The van der Waals surface area contributed by atoms with Crippen LogP contribution in [0, 0.1) is 11.8 Å². The Bertz CT molecular complexity index is 348. The molecule has 0 N–H and O–H groups in total. The van der Waals surface area contributed by atoms with Crippen LogP contribution in [0.1, 0.15) is 5.56 Å². The molecule has 0 unspecified atom stereocenters. The summed E-state index contributed by atoms with van der Waals surface area (Å²) < 4.78 is 0. The van der Waals surface area contributed by atoms with E-state index in [0.717, 1.165) is 0 Å². The van der Waals surface area contributed by atoms with E-state index in [1.807, 2.05) is 5.92 Å². The molecule has 0 aromatic heterocycles. The van der Waals surface area contributed by atoms with E-state index in [9.17, 15) is 9.90 Å². The molecular weight excluding hydrogens is 215 g/mol. The maximum atomic E-state index is 9.93. The van der Waals surface area contributed by atoms with Gasteiger partial charge in [-0.3, -0.25) is 0 Å². The molecule has 1 rings (SSSR count). The minimum absolute atomic E-state index is 0. The molecule has 0 aliphatic heterocycles. The van der Waals surface area contributed by atoms with Gasteiger partial charge in [-0.15, -0.1) is 0 Å². The van der Waals surface area contributed by atoms with Crippen molar-refractivity contribution in [3.63, 3.8) is 0 Å². The van der Waals surface area contributed by atoms with Crippen LogP contribution in [0.2, 0.25) is 5.02 Å². The molecule has 2 nitrogen and oxygen atoms in total. The molecule has 0 fully saturated rings. The molecule has 0 radical (unpaired) electrons. The fraction of sp³-hybridized carbons (Fsp3) is 0. The van der Waals surface area contributed by atoms with E-state index in [2.05, 4.69) is 5.92 Å². The van der Waals surface area contributed by atoms with Crippen molar-refractivity contribution < 1.29 is 61.3 Å². The second-order valence-electron chi connectivity index (χ2n) is 2.04. The van der Waals surface area contributed by atoms with Crippen LogP contribution >= 0.6 is 11.6 Å². The quantitative estimate of drug-likeness (QED) is 0.355. The summed E-state index contributed by atoms with van der Waals surface area (Å²) in [4.78, 5) is 9.93. The third-order valence-electron chi connectivity index (χ3n) is 1.15. The van der Waals surface area contributed by atoms with Gasteiger partial charge in [-0.05, 0) is 30.2 Å². The van der Waals surface area contributed by atoms with Gasteiger partial charge in [-0.2, -0.15) is 0 Å². The van der Waals surface area contributed by atoms with Crippen LogP contribution in [0.25, 0.3) is 0 Å². The predicted octanol–water partition coefficient (Wildman–Crippen LogP) is -2.55. The van der Waals surface area contributed by atoms with E-state index in [0.29, 0.717) is 10.6 Å². The number of carbonyl (C=O) groups excluding carboxylic acids is 1. The number of carbonyl (C=O) groups is 1. The zero-order valence-electron chi connectivity index (χ0n) is 7.00. The minimum atomic E-state index is -1.38. The van der Waals surface area contributed by atoms with Gasteiger partial charge in [-0.1, -0.05) is 17.5 Å². The Labute approximate surface area is 124 Å². The fourth-order valence-electron chi connectivity index (χ4n) is 0.656.